The first-order valence-electron chi connectivity index (χ1n) is 13.4. The van der Waals surface area contributed by atoms with Gasteiger partial charge in [0.1, 0.15) is 11.6 Å². The Morgan fingerprint density at radius 2 is 1.15 bits per heavy atom. The summed E-state index contributed by atoms with van der Waals surface area (Å²) < 4.78 is 1.28. The van der Waals surface area contributed by atoms with Gasteiger partial charge in [0.25, 0.3) is 0 Å². The summed E-state index contributed by atoms with van der Waals surface area (Å²) in [6.07, 6.45) is 3.70. The number of imidazole rings is 2. The van der Waals surface area contributed by atoms with Gasteiger partial charge < -0.3 is 9.97 Å². The van der Waals surface area contributed by atoms with E-state index in [1.54, 1.807) is 11.3 Å². The number of nitrogens with one attached hydrogen (secondary N) is 2. The molecule has 4 aromatic heterocycles. The van der Waals surface area contributed by atoms with Crippen LogP contribution in [0.1, 0.15) is 51.2 Å². The van der Waals surface area contributed by atoms with Crippen LogP contribution in [0.3, 0.4) is 0 Å². The van der Waals surface area contributed by atoms with Crippen molar-refractivity contribution in [3.8, 4) is 11.1 Å². The van der Waals surface area contributed by atoms with Crippen molar-refractivity contribution in [3.05, 3.63) is 71.9 Å². The van der Waals surface area contributed by atoms with Gasteiger partial charge in [-0.25, -0.2) is 9.97 Å². The van der Waals surface area contributed by atoms with Gasteiger partial charge in [0.2, 0.25) is 0 Å². The van der Waals surface area contributed by atoms with E-state index in [0.717, 1.165) is 55.3 Å². The van der Waals surface area contributed by atoms with Crippen molar-refractivity contribution in [2.75, 3.05) is 0 Å². The average molecular weight is 527 g/mol. The molecule has 6 nitrogen and oxygen atoms in total. The maximum absolute atomic E-state index is 4.98. The number of H-pyrrole nitrogens is 2. The molecular formula is C32H26N6S. The molecule has 8 rings (SSSR count). The van der Waals surface area contributed by atoms with E-state index in [0.29, 0.717) is 11.8 Å². The van der Waals surface area contributed by atoms with Gasteiger partial charge in [0.15, 0.2) is 0 Å². The number of benzene rings is 4. The van der Waals surface area contributed by atoms with Gasteiger partial charge in [-0.15, -0.1) is 11.3 Å². The molecule has 39 heavy (non-hydrogen) atoms. The predicted molar refractivity (Wildman–Crippen MR) is 163 cm³/mol. The number of fused-ring (bicyclic) bond motifs is 12. The normalized spacial score (nSPS) is 12.6. The lowest BCUT2D eigenvalue weighted by atomic mass is 9.95. The molecule has 190 valence electrons. The van der Waals surface area contributed by atoms with E-state index in [2.05, 4.69) is 95.7 Å². The molecule has 0 saturated carbocycles. The van der Waals surface area contributed by atoms with Gasteiger partial charge in [-0.05, 0) is 40.1 Å². The zero-order valence-corrected chi connectivity index (χ0v) is 22.9. The number of aromatic nitrogens is 6. The van der Waals surface area contributed by atoms with E-state index in [4.69, 9.17) is 9.97 Å². The average Bonchev–Trinajstić information content (AvgIpc) is 3.71. The molecule has 0 aliphatic rings. The zero-order valence-electron chi connectivity index (χ0n) is 22.1. The molecule has 0 atom stereocenters. The molecule has 0 aliphatic carbocycles. The van der Waals surface area contributed by atoms with Crippen LogP contribution < -0.4 is 0 Å². The minimum Gasteiger partial charge on any atom is -0.341 e. The molecule has 2 N–H and O–H groups in total. The van der Waals surface area contributed by atoms with E-state index in [9.17, 15) is 0 Å². The fraction of sp³-hybridized carbons (Fsp3) is 0.188. The monoisotopic (exact) mass is 526 g/mol. The third kappa shape index (κ3) is 3.20. The molecule has 0 aliphatic heterocycles. The summed E-state index contributed by atoms with van der Waals surface area (Å²) in [6, 6.07) is 15.7. The highest BCUT2D eigenvalue weighted by Gasteiger charge is 2.18. The molecule has 0 fully saturated rings. The molecule has 4 heterocycles. The SMILES string of the molecule is CC(C)c1nc2c3cnncc3c3cc(-c4ccc5c(c4)c4sccc4c4nc(C(C)C)[nH]c54)ccc3c2[nH]1. The first-order valence-corrected chi connectivity index (χ1v) is 14.2. The Hall–Kier alpha value is -4.36. The van der Waals surface area contributed by atoms with E-state index >= 15 is 0 Å². The maximum Gasteiger partial charge on any atom is 0.109 e. The number of thiophene rings is 1. The lowest BCUT2D eigenvalue weighted by Gasteiger charge is -2.10. The molecular weight excluding hydrogens is 500 g/mol. The zero-order chi connectivity index (χ0) is 26.4. The molecule has 8 aromatic rings. The number of rotatable bonds is 3. The fourth-order valence-corrected chi connectivity index (χ4v) is 6.76. The fourth-order valence-electron chi connectivity index (χ4n) is 5.83. The highest BCUT2D eigenvalue weighted by Crippen LogP contribution is 2.41. The Morgan fingerprint density at radius 1 is 0.590 bits per heavy atom. The van der Waals surface area contributed by atoms with Gasteiger partial charge in [-0.2, -0.15) is 10.2 Å². The minimum absolute atomic E-state index is 0.307. The molecule has 0 spiro atoms. The largest absolute Gasteiger partial charge is 0.341 e. The standard InChI is InChI=1S/C32H26N6S/c1-15(2)31-36-27-20-8-6-18(12-23(20)30-21(9-10-39-30)28(27)37-31)17-5-7-19-22(11-17)24-13-33-34-14-25(24)29-26(19)35-32(38-29)16(3)4/h5-16H,1-4H3,(H,35,38)(H,36,37). The van der Waals surface area contributed by atoms with E-state index < -0.39 is 0 Å². The van der Waals surface area contributed by atoms with Crippen LogP contribution in [0.2, 0.25) is 0 Å². The Bertz CT molecular complexity index is 2250. The second-order valence-corrected chi connectivity index (χ2v) is 11.9. The van der Waals surface area contributed by atoms with E-state index in [1.807, 2.05) is 12.4 Å². The van der Waals surface area contributed by atoms with Crippen LogP contribution in [0.15, 0.2) is 60.2 Å². The second-order valence-electron chi connectivity index (χ2n) is 11.0. The van der Waals surface area contributed by atoms with Crippen molar-refractivity contribution in [1.29, 1.82) is 0 Å². The van der Waals surface area contributed by atoms with Crippen LogP contribution in [0.4, 0.5) is 0 Å². The first-order chi connectivity index (χ1) is 19.0. The number of aromatic amines is 2. The van der Waals surface area contributed by atoms with Crippen LogP contribution in [0.25, 0.3) is 75.6 Å². The highest BCUT2D eigenvalue weighted by atomic mass is 32.1. The van der Waals surface area contributed by atoms with E-state index in [1.165, 1.54) is 32.0 Å². The maximum atomic E-state index is 4.98. The van der Waals surface area contributed by atoms with Crippen molar-refractivity contribution in [2.24, 2.45) is 0 Å². The van der Waals surface area contributed by atoms with Gasteiger partial charge >= 0.3 is 0 Å². The van der Waals surface area contributed by atoms with Crippen molar-refractivity contribution in [3.63, 3.8) is 0 Å². The quantitative estimate of drug-likeness (QED) is 0.225. The summed E-state index contributed by atoms with van der Waals surface area (Å²) in [5, 5.41) is 18.7. The Balaban J connectivity index is 1.40. The lowest BCUT2D eigenvalue weighted by molar-refractivity contribution is 0.799. The van der Waals surface area contributed by atoms with Crippen LogP contribution in [-0.2, 0) is 0 Å². The predicted octanol–water partition coefficient (Wildman–Crippen LogP) is 8.82. The first kappa shape index (κ1) is 22.6. The third-order valence-electron chi connectivity index (χ3n) is 7.89. The molecule has 0 radical (unpaired) electrons. The Morgan fingerprint density at radius 3 is 1.79 bits per heavy atom. The van der Waals surface area contributed by atoms with Gasteiger partial charge in [0, 0.05) is 48.9 Å². The molecule has 0 bridgehead atoms. The van der Waals surface area contributed by atoms with Gasteiger partial charge in [0.05, 0.1) is 34.5 Å². The van der Waals surface area contributed by atoms with Crippen LogP contribution in [-0.4, -0.2) is 30.1 Å². The number of nitrogens with zero attached hydrogens (tertiary/aromatic N) is 4. The van der Waals surface area contributed by atoms with Crippen LogP contribution in [0, 0.1) is 0 Å². The summed E-state index contributed by atoms with van der Waals surface area (Å²) >= 11 is 1.78. The van der Waals surface area contributed by atoms with Crippen molar-refractivity contribution < 1.29 is 0 Å². The van der Waals surface area contributed by atoms with Gasteiger partial charge in [-0.3, -0.25) is 0 Å². The number of hydrogen-bond donors (Lipinski definition) is 2. The van der Waals surface area contributed by atoms with Crippen molar-refractivity contribution >= 4 is 75.8 Å². The van der Waals surface area contributed by atoms with E-state index in [-0.39, 0.29) is 0 Å². The molecule has 0 unspecified atom stereocenters. The third-order valence-corrected chi connectivity index (χ3v) is 8.84. The van der Waals surface area contributed by atoms with Crippen molar-refractivity contribution in [2.45, 2.75) is 39.5 Å². The Labute approximate surface area is 228 Å². The topological polar surface area (TPSA) is 83.1 Å². The summed E-state index contributed by atoms with van der Waals surface area (Å²) in [4.78, 5) is 17.1. The van der Waals surface area contributed by atoms with Crippen molar-refractivity contribution in [1.82, 2.24) is 30.1 Å². The molecule has 7 heteroatoms. The van der Waals surface area contributed by atoms with Crippen LogP contribution in [0.5, 0.6) is 0 Å². The Kier molecular flexibility index (Phi) is 4.68. The summed E-state index contributed by atoms with van der Waals surface area (Å²) in [7, 11) is 0. The summed E-state index contributed by atoms with van der Waals surface area (Å²) in [5.41, 5.74) is 6.56. The summed E-state index contributed by atoms with van der Waals surface area (Å²) in [5.74, 6) is 2.67. The molecule has 0 saturated heterocycles. The highest BCUT2D eigenvalue weighted by molar-refractivity contribution is 7.18. The number of hydrogen-bond acceptors (Lipinski definition) is 5. The van der Waals surface area contributed by atoms with Gasteiger partial charge in [-0.1, -0.05) is 52.0 Å². The summed E-state index contributed by atoms with van der Waals surface area (Å²) in [6.45, 7) is 8.67. The molecule has 4 aromatic carbocycles. The van der Waals surface area contributed by atoms with Crippen LogP contribution >= 0.6 is 11.3 Å². The molecule has 0 amide bonds. The smallest absolute Gasteiger partial charge is 0.109 e. The minimum atomic E-state index is 0.307. The second kappa shape index (κ2) is 8.07. The lowest BCUT2D eigenvalue weighted by Crippen LogP contribution is -1.88.